The summed E-state index contributed by atoms with van der Waals surface area (Å²) in [5, 5.41) is 14.5. The zero-order valence-electron chi connectivity index (χ0n) is 11.9. The molecule has 0 radical (unpaired) electrons. The number of benzene rings is 1. The Balaban J connectivity index is 1.99. The Morgan fingerprint density at radius 3 is 2.86 bits per heavy atom. The molecule has 1 aromatic heterocycles. The van der Waals surface area contributed by atoms with E-state index in [-0.39, 0.29) is 18.7 Å². The van der Waals surface area contributed by atoms with Gasteiger partial charge in [0.25, 0.3) is 5.56 Å². The number of aromatic nitrogens is 2. The highest BCUT2D eigenvalue weighted by Gasteiger charge is 2.10. The third-order valence-electron chi connectivity index (χ3n) is 2.90. The van der Waals surface area contributed by atoms with E-state index < -0.39 is 6.10 Å². The molecule has 2 aromatic rings. The first-order valence-corrected chi connectivity index (χ1v) is 6.95. The maximum Gasteiger partial charge on any atom is 0.266 e. The molecule has 6 heteroatoms. The molecule has 1 aromatic carbocycles. The number of aliphatic hydroxyl groups is 1. The van der Waals surface area contributed by atoms with Gasteiger partial charge in [0.05, 0.1) is 17.3 Å². The number of aliphatic hydroxyl groups excluding tert-OH is 1. The second-order valence-electron chi connectivity index (χ2n) is 4.89. The van der Waals surface area contributed by atoms with Gasteiger partial charge < -0.3 is 9.84 Å². The molecule has 112 valence electrons. The third-order valence-corrected chi connectivity index (χ3v) is 3.21. The average Bonchev–Trinajstić information content (AvgIpc) is 2.44. The van der Waals surface area contributed by atoms with Crippen LogP contribution in [-0.4, -0.2) is 27.6 Å². The maximum absolute atomic E-state index is 11.6. The molecule has 21 heavy (non-hydrogen) atoms. The van der Waals surface area contributed by atoms with Crippen LogP contribution in [0, 0.1) is 13.8 Å². The molecule has 0 aliphatic carbocycles. The van der Waals surface area contributed by atoms with Crippen LogP contribution in [0.25, 0.3) is 0 Å². The van der Waals surface area contributed by atoms with Crippen molar-refractivity contribution in [1.29, 1.82) is 0 Å². The predicted molar refractivity (Wildman–Crippen MR) is 80.9 cm³/mol. The van der Waals surface area contributed by atoms with E-state index in [1.54, 1.807) is 25.1 Å². The smallest absolute Gasteiger partial charge is 0.266 e. The minimum absolute atomic E-state index is 0.0330. The molecule has 0 spiro atoms. The molecule has 2 rings (SSSR count). The molecule has 0 amide bonds. The summed E-state index contributed by atoms with van der Waals surface area (Å²) in [4.78, 5) is 11.6. The highest BCUT2D eigenvalue weighted by molar-refractivity contribution is 6.32. The van der Waals surface area contributed by atoms with E-state index in [0.29, 0.717) is 16.5 Å². The lowest BCUT2D eigenvalue weighted by Gasteiger charge is -2.14. The fourth-order valence-electron chi connectivity index (χ4n) is 1.84. The van der Waals surface area contributed by atoms with E-state index in [0.717, 1.165) is 5.56 Å². The molecule has 1 N–H and O–H groups in total. The van der Waals surface area contributed by atoms with Crippen molar-refractivity contribution in [3.8, 4) is 5.75 Å². The van der Waals surface area contributed by atoms with Crippen LogP contribution in [0.2, 0.25) is 5.02 Å². The van der Waals surface area contributed by atoms with E-state index in [2.05, 4.69) is 5.10 Å². The van der Waals surface area contributed by atoms with Gasteiger partial charge in [-0.25, -0.2) is 4.68 Å². The first-order chi connectivity index (χ1) is 9.95. The van der Waals surface area contributed by atoms with Gasteiger partial charge in [0, 0.05) is 6.07 Å². The maximum atomic E-state index is 11.6. The number of rotatable bonds is 5. The Labute approximate surface area is 127 Å². The van der Waals surface area contributed by atoms with Crippen LogP contribution in [0.4, 0.5) is 0 Å². The summed E-state index contributed by atoms with van der Waals surface area (Å²) in [6.07, 6.45) is -0.853. The first-order valence-electron chi connectivity index (χ1n) is 6.57. The summed E-state index contributed by atoms with van der Waals surface area (Å²) in [5.74, 6) is 0.514. The number of aryl methyl sites for hydroxylation is 2. The molecule has 5 nitrogen and oxygen atoms in total. The normalized spacial score (nSPS) is 12.2. The van der Waals surface area contributed by atoms with Gasteiger partial charge in [-0.1, -0.05) is 17.7 Å². The van der Waals surface area contributed by atoms with Crippen molar-refractivity contribution < 1.29 is 9.84 Å². The molecule has 1 unspecified atom stereocenters. The number of halogens is 1. The summed E-state index contributed by atoms with van der Waals surface area (Å²) in [6, 6.07) is 8.47. The summed E-state index contributed by atoms with van der Waals surface area (Å²) in [7, 11) is 0. The van der Waals surface area contributed by atoms with Gasteiger partial charge in [-0.05, 0) is 37.6 Å². The Hall–Kier alpha value is -1.85. The standard InChI is InChI=1S/C15H17ClN2O3/c1-10-3-5-13(16)14(7-10)21-9-12(19)8-18-15(20)6-4-11(2)17-18/h3-7,12,19H,8-9H2,1-2H3. The average molecular weight is 309 g/mol. The van der Waals surface area contributed by atoms with Gasteiger partial charge in [-0.15, -0.1) is 0 Å². The molecule has 0 saturated carbocycles. The van der Waals surface area contributed by atoms with Gasteiger partial charge in [0.15, 0.2) is 0 Å². The summed E-state index contributed by atoms with van der Waals surface area (Å²) < 4.78 is 6.72. The fourth-order valence-corrected chi connectivity index (χ4v) is 2.01. The van der Waals surface area contributed by atoms with E-state index in [1.807, 2.05) is 13.0 Å². The van der Waals surface area contributed by atoms with Crippen molar-refractivity contribution in [2.75, 3.05) is 6.61 Å². The van der Waals surface area contributed by atoms with E-state index in [4.69, 9.17) is 16.3 Å². The van der Waals surface area contributed by atoms with Crippen LogP contribution in [0.3, 0.4) is 0 Å². The molecule has 0 fully saturated rings. The van der Waals surface area contributed by atoms with Crippen molar-refractivity contribution in [2.45, 2.75) is 26.5 Å². The van der Waals surface area contributed by atoms with Crippen LogP contribution >= 0.6 is 11.6 Å². The zero-order chi connectivity index (χ0) is 15.4. The predicted octanol–water partition coefficient (Wildman–Crippen LogP) is 1.95. The molecule has 0 saturated heterocycles. The molecule has 0 aliphatic rings. The van der Waals surface area contributed by atoms with E-state index in [9.17, 15) is 9.90 Å². The topological polar surface area (TPSA) is 64.3 Å². The lowest BCUT2D eigenvalue weighted by molar-refractivity contribution is 0.0878. The number of hydrogen-bond donors (Lipinski definition) is 1. The number of nitrogens with zero attached hydrogens (tertiary/aromatic N) is 2. The van der Waals surface area contributed by atoms with Gasteiger partial charge in [-0.2, -0.15) is 5.10 Å². The van der Waals surface area contributed by atoms with Crippen LogP contribution in [0.5, 0.6) is 5.75 Å². The van der Waals surface area contributed by atoms with Crippen molar-refractivity contribution in [3.63, 3.8) is 0 Å². The highest BCUT2D eigenvalue weighted by Crippen LogP contribution is 2.25. The lowest BCUT2D eigenvalue weighted by Crippen LogP contribution is -2.31. The molecular weight excluding hydrogens is 292 g/mol. The Kier molecular flexibility index (Phi) is 4.98. The third kappa shape index (κ3) is 4.31. The van der Waals surface area contributed by atoms with Crippen LogP contribution < -0.4 is 10.3 Å². The summed E-state index contributed by atoms with van der Waals surface area (Å²) in [5.41, 5.74) is 1.47. The zero-order valence-corrected chi connectivity index (χ0v) is 12.7. The van der Waals surface area contributed by atoms with Crippen molar-refractivity contribution in [1.82, 2.24) is 9.78 Å². The van der Waals surface area contributed by atoms with Crippen LogP contribution in [0.15, 0.2) is 35.1 Å². The monoisotopic (exact) mass is 308 g/mol. The van der Waals surface area contributed by atoms with Gasteiger partial charge in [0.1, 0.15) is 18.5 Å². The second kappa shape index (κ2) is 6.74. The quantitative estimate of drug-likeness (QED) is 0.917. The molecule has 0 aliphatic heterocycles. The fraction of sp³-hybridized carbons (Fsp3) is 0.333. The van der Waals surface area contributed by atoms with Crippen molar-refractivity contribution in [3.05, 3.63) is 57.0 Å². The molecular formula is C15H17ClN2O3. The lowest BCUT2D eigenvalue weighted by atomic mass is 10.2. The molecule has 1 atom stereocenters. The van der Waals surface area contributed by atoms with Gasteiger partial charge in [-0.3, -0.25) is 4.79 Å². The second-order valence-corrected chi connectivity index (χ2v) is 5.30. The minimum Gasteiger partial charge on any atom is -0.489 e. The molecule has 1 heterocycles. The van der Waals surface area contributed by atoms with E-state index >= 15 is 0 Å². The van der Waals surface area contributed by atoms with Crippen LogP contribution in [-0.2, 0) is 6.54 Å². The van der Waals surface area contributed by atoms with Crippen molar-refractivity contribution >= 4 is 11.6 Å². The van der Waals surface area contributed by atoms with E-state index in [1.165, 1.54) is 10.7 Å². The Bertz CT molecular complexity index is 685. The summed E-state index contributed by atoms with van der Waals surface area (Å²) >= 11 is 6.01. The molecule has 0 bridgehead atoms. The van der Waals surface area contributed by atoms with Gasteiger partial charge >= 0.3 is 0 Å². The van der Waals surface area contributed by atoms with Crippen molar-refractivity contribution in [2.24, 2.45) is 0 Å². The Morgan fingerprint density at radius 2 is 2.10 bits per heavy atom. The number of hydrogen-bond acceptors (Lipinski definition) is 4. The minimum atomic E-state index is -0.853. The van der Waals surface area contributed by atoms with Gasteiger partial charge in [0.2, 0.25) is 0 Å². The number of ether oxygens (including phenoxy) is 1. The van der Waals surface area contributed by atoms with Crippen LogP contribution in [0.1, 0.15) is 11.3 Å². The summed E-state index contributed by atoms with van der Waals surface area (Å²) in [6.45, 7) is 3.82. The SMILES string of the molecule is Cc1ccc(Cl)c(OCC(O)Cn2nc(C)ccc2=O)c1. The first kappa shape index (κ1) is 15.5. The highest BCUT2D eigenvalue weighted by atomic mass is 35.5. The Morgan fingerprint density at radius 1 is 1.33 bits per heavy atom. The largest absolute Gasteiger partial charge is 0.489 e.